The third kappa shape index (κ3) is 2.84. The van der Waals surface area contributed by atoms with Crippen molar-refractivity contribution in [3.05, 3.63) is 11.1 Å². The van der Waals surface area contributed by atoms with Gasteiger partial charge in [0.1, 0.15) is 0 Å². The minimum atomic E-state index is -1.08. The molecule has 1 aliphatic heterocycles. The largest absolute Gasteiger partial charge is 0.303 e. The first-order valence-corrected chi connectivity index (χ1v) is 4.40. The molecule has 0 aromatic heterocycles. The highest BCUT2D eigenvalue weighted by Crippen LogP contribution is 2.12. The Kier molecular flexibility index (Phi) is 2.39. The molecule has 0 aromatic carbocycles. The Labute approximate surface area is 74.0 Å². The van der Waals surface area contributed by atoms with Crippen LogP contribution in [-0.4, -0.2) is 24.5 Å². The molecule has 0 saturated carbocycles. The molecule has 1 saturated heterocycles. The van der Waals surface area contributed by atoms with E-state index in [1.54, 1.807) is 0 Å². The van der Waals surface area contributed by atoms with Crippen molar-refractivity contribution in [3.8, 4) is 0 Å². The second-order valence-electron chi connectivity index (χ2n) is 2.52. The van der Waals surface area contributed by atoms with Crippen LogP contribution in [0.1, 0.15) is 22.0 Å². The number of nitrogens with zero attached hydrogens (tertiary/aromatic N) is 1. The van der Waals surface area contributed by atoms with E-state index in [0.717, 1.165) is 30.4 Å². The van der Waals surface area contributed by atoms with Crippen LogP contribution in [0.2, 0.25) is 0 Å². The monoisotopic (exact) mass is 205 g/mol. The van der Waals surface area contributed by atoms with Crippen LogP contribution >= 0.6 is 15.9 Å². The number of hydrogen-bond donors (Lipinski definition) is 0. The van der Waals surface area contributed by atoms with Gasteiger partial charge in [-0.15, -0.1) is 0 Å². The molecule has 1 rings (SSSR count). The van der Waals surface area contributed by atoms with Crippen molar-refractivity contribution in [1.82, 2.24) is 4.90 Å². The van der Waals surface area contributed by atoms with E-state index in [9.17, 15) is 0 Å². The topological polar surface area (TPSA) is 3.24 Å². The van der Waals surface area contributed by atoms with Crippen molar-refractivity contribution < 1.29 is 2.74 Å². The standard InChI is InChI=1S/C8H14BrN/c1-8(9)4-7-10-5-2-3-6-10/h1-7H2/i5D2. The van der Waals surface area contributed by atoms with Gasteiger partial charge in [0, 0.05) is 9.29 Å². The normalized spacial score (nSPS) is 27.7. The highest BCUT2D eigenvalue weighted by molar-refractivity contribution is 9.11. The molecule has 0 aromatic rings. The second-order valence-corrected chi connectivity index (χ2v) is 3.64. The average Bonchev–Trinajstić information content (AvgIpc) is 2.25. The lowest BCUT2D eigenvalue weighted by Crippen LogP contribution is -2.20. The molecular formula is C8H14BrN. The summed E-state index contributed by atoms with van der Waals surface area (Å²) >= 11 is 3.28. The first-order valence-electron chi connectivity index (χ1n) is 4.61. The first-order chi connectivity index (χ1) is 5.52. The highest BCUT2D eigenvalue weighted by Gasteiger charge is 2.09. The summed E-state index contributed by atoms with van der Waals surface area (Å²) in [6, 6.07) is 0. The predicted molar refractivity (Wildman–Crippen MR) is 48.4 cm³/mol. The summed E-state index contributed by atoms with van der Waals surface area (Å²) in [5.41, 5.74) is 0. The summed E-state index contributed by atoms with van der Waals surface area (Å²) < 4.78 is 16.2. The molecule has 0 atom stereocenters. The van der Waals surface area contributed by atoms with Gasteiger partial charge in [-0.3, -0.25) is 0 Å². The Morgan fingerprint density at radius 2 is 2.50 bits per heavy atom. The maximum absolute atomic E-state index is 7.64. The van der Waals surface area contributed by atoms with E-state index in [4.69, 9.17) is 2.74 Å². The lowest BCUT2D eigenvalue weighted by molar-refractivity contribution is 0.345. The molecule has 2 heteroatoms. The van der Waals surface area contributed by atoms with Crippen LogP contribution in [-0.2, 0) is 0 Å². The van der Waals surface area contributed by atoms with Gasteiger partial charge in [0.25, 0.3) is 0 Å². The fraction of sp³-hybridized carbons (Fsp3) is 0.750. The number of halogens is 1. The first kappa shape index (κ1) is 5.78. The van der Waals surface area contributed by atoms with Crippen molar-refractivity contribution in [2.45, 2.75) is 19.3 Å². The zero-order valence-corrected chi connectivity index (χ0v) is 7.65. The van der Waals surface area contributed by atoms with Crippen LogP contribution in [0.25, 0.3) is 0 Å². The molecule has 0 amide bonds. The van der Waals surface area contributed by atoms with Crippen molar-refractivity contribution in [2.24, 2.45) is 0 Å². The minimum absolute atomic E-state index is 0.668. The lowest BCUT2D eigenvalue weighted by Gasteiger charge is -2.12. The Balaban J connectivity index is 2.36. The maximum atomic E-state index is 7.64. The molecule has 0 unspecified atom stereocenters. The van der Waals surface area contributed by atoms with Gasteiger partial charge in [-0.05, 0) is 36.8 Å². The summed E-state index contributed by atoms with van der Waals surface area (Å²) in [6.45, 7) is 4.31. The van der Waals surface area contributed by atoms with Crippen molar-refractivity contribution in [1.29, 1.82) is 0 Å². The van der Waals surface area contributed by atoms with E-state index in [-0.39, 0.29) is 0 Å². The summed E-state index contributed by atoms with van der Waals surface area (Å²) in [4.78, 5) is 1.89. The molecule has 0 radical (unpaired) electrons. The summed E-state index contributed by atoms with van der Waals surface area (Å²) in [5.74, 6) is 0. The van der Waals surface area contributed by atoms with Gasteiger partial charge in [-0.25, -0.2) is 0 Å². The van der Waals surface area contributed by atoms with E-state index in [1.807, 2.05) is 4.90 Å². The van der Waals surface area contributed by atoms with Crippen LogP contribution in [0.3, 0.4) is 0 Å². The summed E-state index contributed by atoms with van der Waals surface area (Å²) in [7, 11) is 0. The SMILES string of the molecule is [2H]C1([2H])CCCN1CCC(=C)Br. The zero-order valence-electron chi connectivity index (χ0n) is 8.07. The molecule has 1 heterocycles. The van der Waals surface area contributed by atoms with E-state index >= 15 is 0 Å². The fourth-order valence-corrected chi connectivity index (χ4v) is 1.21. The lowest BCUT2D eigenvalue weighted by atomic mass is 10.4. The second kappa shape index (κ2) is 4.14. The van der Waals surface area contributed by atoms with Crippen LogP contribution in [0.5, 0.6) is 0 Å². The molecule has 1 nitrogen and oxygen atoms in total. The van der Waals surface area contributed by atoms with Crippen LogP contribution in [0.4, 0.5) is 0 Å². The summed E-state index contributed by atoms with van der Waals surface area (Å²) in [6.07, 6.45) is 2.48. The van der Waals surface area contributed by atoms with E-state index < -0.39 is 6.50 Å². The number of likely N-dealkylation sites (tertiary alicyclic amines) is 1. The number of rotatable bonds is 3. The molecule has 0 bridgehead atoms. The molecule has 58 valence electrons. The third-order valence-electron chi connectivity index (χ3n) is 1.59. The van der Waals surface area contributed by atoms with Gasteiger partial charge < -0.3 is 4.90 Å². The Hall–Kier alpha value is 0.180. The molecule has 0 aliphatic carbocycles. The van der Waals surface area contributed by atoms with Crippen LogP contribution in [0, 0.1) is 0 Å². The van der Waals surface area contributed by atoms with Gasteiger partial charge >= 0.3 is 0 Å². The quantitative estimate of drug-likeness (QED) is 0.685. The fourth-order valence-electron chi connectivity index (χ4n) is 1.03. The molecule has 1 aliphatic rings. The maximum Gasteiger partial charge on any atom is 0.0431 e. The van der Waals surface area contributed by atoms with Crippen molar-refractivity contribution in [2.75, 3.05) is 19.6 Å². The zero-order chi connectivity index (χ0) is 9.19. The van der Waals surface area contributed by atoms with Gasteiger partial charge in [0.2, 0.25) is 0 Å². The van der Waals surface area contributed by atoms with Gasteiger partial charge in [-0.1, -0.05) is 22.5 Å². The Morgan fingerprint density at radius 1 is 1.70 bits per heavy atom. The van der Waals surface area contributed by atoms with Crippen molar-refractivity contribution in [3.63, 3.8) is 0 Å². The molecule has 10 heavy (non-hydrogen) atoms. The highest BCUT2D eigenvalue weighted by atomic mass is 79.9. The van der Waals surface area contributed by atoms with Crippen molar-refractivity contribution >= 4 is 15.9 Å². The van der Waals surface area contributed by atoms with Crippen LogP contribution < -0.4 is 0 Å². The van der Waals surface area contributed by atoms with E-state index in [1.165, 1.54) is 0 Å². The smallest absolute Gasteiger partial charge is 0.0431 e. The predicted octanol–water partition coefficient (Wildman–Crippen LogP) is 2.38. The Morgan fingerprint density at radius 3 is 3.00 bits per heavy atom. The average molecular weight is 206 g/mol. The van der Waals surface area contributed by atoms with Gasteiger partial charge in [0.05, 0.1) is 0 Å². The van der Waals surface area contributed by atoms with E-state index in [0.29, 0.717) is 6.42 Å². The summed E-state index contributed by atoms with van der Waals surface area (Å²) in [5, 5.41) is 0. The minimum Gasteiger partial charge on any atom is -0.303 e. The molecule has 0 N–H and O–H groups in total. The van der Waals surface area contributed by atoms with Crippen LogP contribution in [0.15, 0.2) is 11.1 Å². The molecular weight excluding hydrogens is 190 g/mol. The van der Waals surface area contributed by atoms with Gasteiger partial charge in [0.15, 0.2) is 0 Å². The van der Waals surface area contributed by atoms with E-state index in [2.05, 4.69) is 22.5 Å². The molecule has 1 fully saturated rings. The number of hydrogen-bond acceptors (Lipinski definition) is 1. The molecule has 0 spiro atoms. The Bertz CT molecular complexity index is 182. The third-order valence-corrected chi connectivity index (χ3v) is 1.99. The van der Waals surface area contributed by atoms with Gasteiger partial charge in [-0.2, -0.15) is 0 Å².